The first-order valence-electron chi connectivity index (χ1n) is 8.84. The lowest BCUT2D eigenvalue weighted by molar-refractivity contribution is -0.113. The molecule has 2 heterocycles. The molecule has 0 bridgehead atoms. The van der Waals surface area contributed by atoms with Crippen LogP contribution in [0.4, 0.5) is 5.69 Å². The number of aliphatic hydroxyl groups excluding tert-OH is 1. The Kier molecular flexibility index (Phi) is 5.48. The van der Waals surface area contributed by atoms with Crippen molar-refractivity contribution in [3.8, 4) is 5.75 Å². The van der Waals surface area contributed by atoms with Crippen LogP contribution in [0.5, 0.6) is 5.75 Å². The number of anilines is 1. The number of carbonyl (C=O) groups excluding carboxylic acids is 2. The van der Waals surface area contributed by atoms with Gasteiger partial charge in [0, 0.05) is 12.3 Å². The van der Waals surface area contributed by atoms with Gasteiger partial charge < -0.3 is 31.5 Å². The summed E-state index contributed by atoms with van der Waals surface area (Å²) in [6, 6.07) is 3.04. The van der Waals surface area contributed by atoms with Crippen molar-refractivity contribution < 1.29 is 19.4 Å². The molecule has 0 saturated heterocycles. The maximum Gasteiger partial charge on any atom is 0.260 e. The third kappa shape index (κ3) is 3.81. The number of hydrogen-bond donors (Lipinski definition) is 4. The number of benzene rings is 1. The number of amides is 2. The molecule has 8 heteroatoms. The minimum absolute atomic E-state index is 0.245. The van der Waals surface area contributed by atoms with Crippen molar-refractivity contribution in [2.45, 2.75) is 32.0 Å². The van der Waals surface area contributed by atoms with E-state index in [1.807, 2.05) is 13.0 Å². The van der Waals surface area contributed by atoms with E-state index >= 15 is 0 Å². The minimum Gasteiger partial charge on any atom is -0.491 e. The lowest BCUT2D eigenvalue weighted by Gasteiger charge is -2.25. The summed E-state index contributed by atoms with van der Waals surface area (Å²) < 4.78 is 5.83. The van der Waals surface area contributed by atoms with E-state index in [9.17, 15) is 14.7 Å². The molecule has 0 radical (unpaired) electrons. The first-order chi connectivity index (χ1) is 12.9. The number of nitrogens with zero attached hydrogens (tertiary/aromatic N) is 1. The highest BCUT2D eigenvalue weighted by Crippen LogP contribution is 2.39. The zero-order valence-electron chi connectivity index (χ0n) is 15.1. The van der Waals surface area contributed by atoms with E-state index in [4.69, 9.17) is 16.2 Å². The fourth-order valence-electron chi connectivity index (χ4n) is 3.28. The van der Waals surface area contributed by atoms with Crippen LogP contribution in [0, 0.1) is 6.92 Å². The summed E-state index contributed by atoms with van der Waals surface area (Å²) in [7, 11) is 0. The number of allylic oxidation sites excluding steroid dienone is 1. The number of primary amides is 1. The van der Waals surface area contributed by atoms with E-state index in [0.29, 0.717) is 43.0 Å². The lowest BCUT2D eigenvalue weighted by Crippen LogP contribution is -2.42. The molecule has 0 aliphatic carbocycles. The number of fused-ring (bicyclic) bond motifs is 2. The van der Waals surface area contributed by atoms with E-state index < -0.39 is 18.2 Å². The van der Waals surface area contributed by atoms with Crippen LogP contribution in [0.25, 0.3) is 0 Å². The Morgan fingerprint density at radius 2 is 2.26 bits per heavy atom. The van der Waals surface area contributed by atoms with Gasteiger partial charge >= 0.3 is 0 Å². The predicted molar refractivity (Wildman–Crippen MR) is 101 cm³/mol. The van der Waals surface area contributed by atoms with Gasteiger partial charge in [-0.05, 0) is 43.5 Å². The number of carbonyl (C=O) groups is 2. The van der Waals surface area contributed by atoms with E-state index in [1.165, 1.54) is 11.0 Å². The Morgan fingerprint density at radius 1 is 1.48 bits per heavy atom. The summed E-state index contributed by atoms with van der Waals surface area (Å²) in [6.07, 6.45) is 4.54. The number of aliphatic hydroxyl groups is 1. The summed E-state index contributed by atoms with van der Waals surface area (Å²) in [5.74, 6) is -0.263. The van der Waals surface area contributed by atoms with Gasteiger partial charge in [-0.15, -0.1) is 0 Å². The minimum atomic E-state index is -0.996. The van der Waals surface area contributed by atoms with Gasteiger partial charge in [-0.2, -0.15) is 0 Å². The number of rotatable bonds is 6. The molecule has 0 aromatic heterocycles. The second kappa shape index (κ2) is 7.81. The Hall–Kier alpha value is -2.84. The van der Waals surface area contributed by atoms with E-state index in [2.05, 4.69) is 5.32 Å². The SMILES string of the molecule is Cc1ccc2c(c1OCCCN)NC(O)C1CC(C=CC(N)=O)=CN1C2=O. The number of aryl methyl sites for hydroxylation is 1. The van der Waals surface area contributed by atoms with Gasteiger partial charge in [-0.1, -0.05) is 12.1 Å². The molecule has 0 saturated carbocycles. The molecule has 27 heavy (non-hydrogen) atoms. The molecular formula is C19H24N4O4. The first kappa shape index (κ1) is 18.9. The van der Waals surface area contributed by atoms with Gasteiger partial charge in [0.25, 0.3) is 5.91 Å². The Labute approximate surface area is 157 Å². The predicted octanol–water partition coefficient (Wildman–Crippen LogP) is 0.606. The van der Waals surface area contributed by atoms with Crippen LogP contribution in [0.3, 0.4) is 0 Å². The third-order valence-electron chi connectivity index (χ3n) is 4.64. The summed E-state index contributed by atoms with van der Waals surface area (Å²) in [4.78, 5) is 25.5. The van der Waals surface area contributed by atoms with Crippen molar-refractivity contribution in [2.75, 3.05) is 18.5 Å². The molecule has 3 rings (SSSR count). The summed E-state index contributed by atoms with van der Waals surface area (Å²) in [5, 5.41) is 13.7. The van der Waals surface area contributed by atoms with Crippen LogP contribution in [0.2, 0.25) is 0 Å². The van der Waals surface area contributed by atoms with Gasteiger partial charge in [-0.3, -0.25) is 9.59 Å². The number of hydrogen-bond acceptors (Lipinski definition) is 6. The fourth-order valence-corrected chi connectivity index (χ4v) is 3.28. The first-order valence-corrected chi connectivity index (χ1v) is 8.84. The van der Waals surface area contributed by atoms with Gasteiger partial charge in [0.15, 0.2) is 0 Å². The second-order valence-electron chi connectivity index (χ2n) is 6.64. The Morgan fingerprint density at radius 3 is 2.96 bits per heavy atom. The number of ether oxygens (including phenoxy) is 1. The number of nitrogens with two attached hydrogens (primary N) is 2. The van der Waals surface area contributed by atoms with Crippen LogP contribution in [0.1, 0.15) is 28.8 Å². The molecule has 2 atom stereocenters. The standard InChI is InChI=1S/C19H24N4O4/c1-11-3-5-13-16(17(11)27-8-2-7-20)22-18(25)14-9-12(4-6-15(21)24)10-23(14)19(13)26/h3-6,10,14,18,22,25H,2,7-9,20H2,1H3,(H2,21,24). The van der Waals surface area contributed by atoms with Crippen LogP contribution in [-0.2, 0) is 4.79 Å². The van der Waals surface area contributed by atoms with Crippen molar-refractivity contribution in [1.29, 1.82) is 0 Å². The molecular weight excluding hydrogens is 348 g/mol. The Bertz CT molecular complexity index is 818. The van der Waals surface area contributed by atoms with Crippen molar-refractivity contribution >= 4 is 17.5 Å². The van der Waals surface area contributed by atoms with Gasteiger partial charge in [0.1, 0.15) is 12.0 Å². The molecule has 1 aromatic carbocycles. The Balaban J connectivity index is 1.95. The highest BCUT2D eigenvalue weighted by Gasteiger charge is 2.39. The normalized spacial score (nSPS) is 21.4. The monoisotopic (exact) mass is 372 g/mol. The van der Waals surface area contributed by atoms with E-state index in [1.54, 1.807) is 18.3 Å². The molecule has 1 aromatic rings. The molecule has 2 aliphatic heterocycles. The van der Waals surface area contributed by atoms with Crippen LogP contribution in [0.15, 0.2) is 36.1 Å². The van der Waals surface area contributed by atoms with Gasteiger partial charge in [0.05, 0.1) is 23.9 Å². The van der Waals surface area contributed by atoms with Crippen LogP contribution < -0.4 is 21.5 Å². The van der Waals surface area contributed by atoms with Gasteiger partial charge in [0.2, 0.25) is 5.91 Å². The number of nitrogens with one attached hydrogen (secondary N) is 1. The topological polar surface area (TPSA) is 131 Å². The molecule has 0 fully saturated rings. The molecule has 6 N–H and O–H groups in total. The molecule has 8 nitrogen and oxygen atoms in total. The summed E-state index contributed by atoms with van der Waals surface area (Å²) >= 11 is 0. The quantitative estimate of drug-likeness (QED) is 0.427. The van der Waals surface area contributed by atoms with Crippen molar-refractivity contribution in [1.82, 2.24) is 4.90 Å². The van der Waals surface area contributed by atoms with Crippen molar-refractivity contribution in [3.63, 3.8) is 0 Å². The smallest absolute Gasteiger partial charge is 0.260 e. The zero-order valence-corrected chi connectivity index (χ0v) is 15.1. The summed E-state index contributed by atoms with van der Waals surface area (Å²) in [5.41, 5.74) is 13.1. The summed E-state index contributed by atoms with van der Waals surface area (Å²) in [6.45, 7) is 2.81. The highest BCUT2D eigenvalue weighted by atomic mass is 16.5. The maximum atomic E-state index is 13.1. The van der Waals surface area contributed by atoms with Gasteiger partial charge in [-0.25, -0.2) is 0 Å². The molecule has 144 valence electrons. The van der Waals surface area contributed by atoms with E-state index in [-0.39, 0.29) is 5.91 Å². The molecule has 2 aliphatic rings. The zero-order chi connectivity index (χ0) is 19.6. The molecule has 2 unspecified atom stereocenters. The third-order valence-corrected chi connectivity index (χ3v) is 4.64. The van der Waals surface area contributed by atoms with Crippen LogP contribution in [-0.4, -0.2) is 47.2 Å². The maximum absolute atomic E-state index is 13.1. The van der Waals surface area contributed by atoms with Crippen LogP contribution >= 0.6 is 0 Å². The molecule has 0 spiro atoms. The van der Waals surface area contributed by atoms with E-state index in [0.717, 1.165) is 11.1 Å². The van der Waals surface area contributed by atoms with Crippen molar-refractivity contribution in [3.05, 3.63) is 47.2 Å². The fraction of sp³-hybridized carbons (Fsp3) is 0.368. The highest BCUT2D eigenvalue weighted by molar-refractivity contribution is 6.03. The average Bonchev–Trinajstić information content (AvgIpc) is 3.03. The average molecular weight is 372 g/mol. The van der Waals surface area contributed by atoms with Crippen molar-refractivity contribution in [2.24, 2.45) is 11.5 Å². The second-order valence-corrected chi connectivity index (χ2v) is 6.64. The molecule has 2 amide bonds. The lowest BCUT2D eigenvalue weighted by atomic mass is 10.1. The largest absolute Gasteiger partial charge is 0.491 e.